The van der Waals surface area contributed by atoms with Crippen LogP contribution in [0.5, 0.6) is 0 Å². The minimum Gasteiger partial charge on any atom is -0.328 e. The number of Topliss-reactive ketones (excluding diaryl/α,β-unsaturated/α-hetero) is 2. The third-order valence-corrected chi connectivity index (χ3v) is 7.18. The summed E-state index contributed by atoms with van der Waals surface area (Å²) in [6, 6.07) is 17.9. The molecule has 0 aliphatic heterocycles. The summed E-state index contributed by atoms with van der Waals surface area (Å²) in [5.41, 5.74) is 2.14. The van der Waals surface area contributed by atoms with E-state index in [1.807, 2.05) is 30.3 Å². The summed E-state index contributed by atoms with van der Waals surface area (Å²) < 4.78 is 41.2. The predicted molar refractivity (Wildman–Crippen MR) is 130 cm³/mol. The Bertz CT molecular complexity index is 1670. The number of rotatable bonds is 2. The number of hydrogen-bond donors (Lipinski definition) is 0. The van der Waals surface area contributed by atoms with Crippen LogP contribution < -0.4 is 0 Å². The number of carbonyl (C=O) groups is 2. The lowest BCUT2D eigenvalue weighted by Crippen LogP contribution is -2.04. The zero-order valence-corrected chi connectivity index (χ0v) is 19.0. The SMILES string of the molecule is Cn1c(-c2ccc(C(F)(F)F)cc2)cc2sc(C=C3C(=O)c4cc5ccccc5cc4C3=O)nc21. The maximum Gasteiger partial charge on any atom is 0.416 e. The monoisotopic (exact) mass is 488 g/mol. The summed E-state index contributed by atoms with van der Waals surface area (Å²) in [6.45, 7) is 0. The van der Waals surface area contributed by atoms with Gasteiger partial charge in [0.05, 0.1) is 21.5 Å². The number of aromatic nitrogens is 2. The molecular formula is C27H15F3N2O2S. The summed E-state index contributed by atoms with van der Waals surface area (Å²) in [6.07, 6.45) is -2.86. The second-order valence-electron chi connectivity index (χ2n) is 8.36. The lowest BCUT2D eigenvalue weighted by Gasteiger charge is -2.08. The number of ketones is 2. The van der Waals surface area contributed by atoms with E-state index in [2.05, 4.69) is 4.98 Å². The molecule has 1 aliphatic rings. The highest BCUT2D eigenvalue weighted by atomic mass is 32.1. The summed E-state index contributed by atoms with van der Waals surface area (Å²) >= 11 is 1.31. The Labute approximate surface area is 201 Å². The van der Waals surface area contributed by atoms with E-state index in [-0.39, 0.29) is 17.1 Å². The van der Waals surface area contributed by atoms with Gasteiger partial charge in [-0.2, -0.15) is 13.2 Å². The summed E-state index contributed by atoms with van der Waals surface area (Å²) in [5, 5.41) is 2.30. The highest BCUT2D eigenvalue weighted by Gasteiger charge is 2.34. The van der Waals surface area contributed by atoms with Crippen LogP contribution in [-0.2, 0) is 13.2 Å². The number of fused-ring (bicyclic) bond motifs is 3. The van der Waals surface area contributed by atoms with Gasteiger partial charge in [0.1, 0.15) is 5.01 Å². The molecule has 0 atom stereocenters. The molecule has 0 saturated heterocycles. The molecule has 172 valence electrons. The minimum absolute atomic E-state index is 0.0809. The van der Waals surface area contributed by atoms with Crippen molar-refractivity contribution in [1.82, 2.24) is 9.55 Å². The largest absolute Gasteiger partial charge is 0.416 e. The molecule has 0 fully saturated rings. The number of allylic oxidation sites excluding steroid dienone is 1. The minimum atomic E-state index is -4.39. The van der Waals surface area contributed by atoms with Crippen molar-refractivity contribution in [3.63, 3.8) is 0 Å². The van der Waals surface area contributed by atoms with Crippen LogP contribution in [0.25, 0.3) is 38.5 Å². The number of nitrogens with zero attached hydrogens (tertiary/aromatic N) is 2. The van der Waals surface area contributed by atoms with E-state index in [0.717, 1.165) is 33.3 Å². The first kappa shape index (κ1) is 21.5. The van der Waals surface area contributed by atoms with Crippen LogP contribution in [-0.4, -0.2) is 21.1 Å². The third-order valence-electron chi connectivity index (χ3n) is 6.24. The Hall–Kier alpha value is -4.04. The first-order chi connectivity index (χ1) is 16.7. The zero-order valence-electron chi connectivity index (χ0n) is 18.2. The number of alkyl halides is 3. The van der Waals surface area contributed by atoms with Gasteiger partial charge in [0, 0.05) is 18.2 Å². The van der Waals surface area contributed by atoms with Gasteiger partial charge in [-0.25, -0.2) is 4.98 Å². The molecule has 0 N–H and O–H groups in total. The van der Waals surface area contributed by atoms with Crippen LogP contribution in [0.1, 0.15) is 31.3 Å². The lowest BCUT2D eigenvalue weighted by molar-refractivity contribution is -0.137. The van der Waals surface area contributed by atoms with E-state index in [1.165, 1.54) is 29.5 Å². The van der Waals surface area contributed by atoms with Crippen LogP contribution >= 0.6 is 11.3 Å². The maximum absolute atomic E-state index is 13.0. The van der Waals surface area contributed by atoms with Gasteiger partial charge in [-0.15, -0.1) is 11.3 Å². The van der Waals surface area contributed by atoms with E-state index in [0.29, 0.717) is 27.3 Å². The molecule has 2 heterocycles. The van der Waals surface area contributed by atoms with Gasteiger partial charge < -0.3 is 4.57 Å². The van der Waals surface area contributed by atoms with Crippen LogP contribution in [0.2, 0.25) is 0 Å². The number of hydrogen-bond acceptors (Lipinski definition) is 4. The smallest absolute Gasteiger partial charge is 0.328 e. The molecule has 4 nitrogen and oxygen atoms in total. The van der Waals surface area contributed by atoms with Gasteiger partial charge >= 0.3 is 6.18 Å². The molecular weight excluding hydrogens is 473 g/mol. The third kappa shape index (κ3) is 3.40. The van der Waals surface area contributed by atoms with E-state index >= 15 is 0 Å². The second kappa shape index (κ2) is 7.48. The zero-order chi connectivity index (χ0) is 24.5. The molecule has 2 aromatic heterocycles. The molecule has 8 heteroatoms. The maximum atomic E-state index is 13.0. The Morgan fingerprint density at radius 1 is 0.886 bits per heavy atom. The molecule has 35 heavy (non-hydrogen) atoms. The van der Waals surface area contributed by atoms with Gasteiger partial charge in [0.2, 0.25) is 0 Å². The molecule has 5 aromatic rings. The Morgan fingerprint density at radius 2 is 1.49 bits per heavy atom. The number of halogens is 3. The summed E-state index contributed by atoms with van der Waals surface area (Å²) in [5.74, 6) is -0.638. The molecule has 0 spiro atoms. The van der Waals surface area contributed by atoms with E-state index < -0.39 is 11.7 Å². The van der Waals surface area contributed by atoms with Crippen LogP contribution in [0, 0.1) is 0 Å². The first-order valence-corrected chi connectivity index (χ1v) is 11.5. The van der Waals surface area contributed by atoms with E-state index in [4.69, 9.17) is 0 Å². The normalized spacial score (nSPS) is 13.8. The van der Waals surface area contributed by atoms with Crippen molar-refractivity contribution in [2.75, 3.05) is 0 Å². The molecule has 1 aliphatic carbocycles. The van der Waals surface area contributed by atoms with E-state index in [9.17, 15) is 22.8 Å². The van der Waals surface area contributed by atoms with Gasteiger partial charge in [-0.3, -0.25) is 9.59 Å². The molecule has 0 saturated carbocycles. The fraction of sp³-hybridized carbons (Fsp3) is 0.0741. The summed E-state index contributed by atoms with van der Waals surface area (Å²) in [7, 11) is 1.78. The topological polar surface area (TPSA) is 52.0 Å². The number of thiazole rings is 1. The summed E-state index contributed by atoms with van der Waals surface area (Å²) in [4.78, 5) is 30.6. The van der Waals surface area contributed by atoms with Crippen molar-refractivity contribution < 1.29 is 22.8 Å². The number of benzene rings is 3. The molecule has 0 unspecified atom stereocenters. The average Bonchev–Trinajstić information content (AvgIpc) is 3.45. The Balaban J connectivity index is 1.36. The Kier molecular flexibility index (Phi) is 4.59. The van der Waals surface area contributed by atoms with Crippen LogP contribution in [0.15, 0.2) is 72.3 Å². The first-order valence-electron chi connectivity index (χ1n) is 10.7. The molecule has 6 rings (SSSR count). The fourth-order valence-electron chi connectivity index (χ4n) is 4.44. The van der Waals surface area contributed by atoms with Crippen molar-refractivity contribution in [2.45, 2.75) is 6.18 Å². The standard InChI is InChI=1S/C27H15F3N2O2S/c1-32-21(14-6-8-17(9-7-14)27(28,29)30)13-22-26(32)31-23(35-22)12-20-24(33)18-10-15-4-2-3-5-16(15)11-19(18)25(20)34/h2-13H,1H3. The average molecular weight is 488 g/mol. The molecule has 0 bridgehead atoms. The molecule has 0 amide bonds. The quantitative estimate of drug-likeness (QED) is 0.200. The number of aryl methyl sites for hydroxylation is 1. The fourth-order valence-corrected chi connectivity index (χ4v) is 5.42. The van der Waals surface area contributed by atoms with Crippen LogP contribution in [0.3, 0.4) is 0 Å². The van der Waals surface area contributed by atoms with Crippen molar-refractivity contribution in [1.29, 1.82) is 0 Å². The van der Waals surface area contributed by atoms with Gasteiger partial charge in [-0.05, 0) is 52.7 Å². The van der Waals surface area contributed by atoms with Crippen molar-refractivity contribution in [3.8, 4) is 11.3 Å². The lowest BCUT2D eigenvalue weighted by atomic mass is 10.0. The van der Waals surface area contributed by atoms with E-state index in [1.54, 1.807) is 23.7 Å². The highest BCUT2D eigenvalue weighted by molar-refractivity contribution is 7.19. The molecule has 3 aromatic carbocycles. The van der Waals surface area contributed by atoms with Crippen molar-refractivity contribution >= 4 is 50.1 Å². The van der Waals surface area contributed by atoms with Crippen molar-refractivity contribution in [2.24, 2.45) is 7.05 Å². The molecule has 0 radical (unpaired) electrons. The Morgan fingerprint density at radius 3 is 2.03 bits per heavy atom. The van der Waals surface area contributed by atoms with Gasteiger partial charge in [0.15, 0.2) is 17.2 Å². The highest BCUT2D eigenvalue weighted by Crippen LogP contribution is 2.36. The van der Waals surface area contributed by atoms with Gasteiger partial charge in [0.25, 0.3) is 0 Å². The number of carbonyl (C=O) groups excluding carboxylic acids is 2. The van der Waals surface area contributed by atoms with Crippen molar-refractivity contribution in [3.05, 3.63) is 94.0 Å². The second-order valence-corrected chi connectivity index (χ2v) is 9.43. The van der Waals surface area contributed by atoms with Crippen LogP contribution in [0.4, 0.5) is 13.2 Å². The predicted octanol–water partition coefficient (Wildman–Crippen LogP) is 6.94. The van der Waals surface area contributed by atoms with Gasteiger partial charge in [-0.1, -0.05) is 36.4 Å².